The lowest BCUT2D eigenvalue weighted by Crippen LogP contribution is -2.22. The van der Waals surface area contributed by atoms with Gasteiger partial charge in [-0.05, 0) is 36.2 Å². The third kappa shape index (κ3) is 5.55. The van der Waals surface area contributed by atoms with Crippen LogP contribution in [0.2, 0.25) is 0 Å². The SMILES string of the molecule is CCCCNc1ccccc1C(=O)OCc1cccc(S(=O)(=O)N(C)C)c1. The molecule has 0 bridgehead atoms. The van der Waals surface area contributed by atoms with E-state index in [1.807, 2.05) is 12.1 Å². The zero-order chi connectivity index (χ0) is 19.9. The van der Waals surface area contributed by atoms with Gasteiger partial charge in [0.15, 0.2) is 0 Å². The van der Waals surface area contributed by atoms with Gasteiger partial charge < -0.3 is 10.1 Å². The molecule has 2 rings (SSSR count). The molecule has 0 aliphatic rings. The van der Waals surface area contributed by atoms with Crippen LogP contribution in [0.5, 0.6) is 0 Å². The number of sulfonamides is 1. The molecule has 0 aliphatic carbocycles. The molecular weight excluding hydrogens is 364 g/mol. The minimum atomic E-state index is -3.53. The fourth-order valence-electron chi connectivity index (χ4n) is 2.45. The zero-order valence-corrected chi connectivity index (χ0v) is 16.8. The van der Waals surface area contributed by atoms with Gasteiger partial charge >= 0.3 is 5.97 Å². The molecule has 2 aromatic carbocycles. The average molecular weight is 391 g/mol. The van der Waals surface area contributed by atoms with Crippen LogP contribution in [-0.2, 0) is 21.4 Å². The molecule has 0 heterocycles. The van der Waals surface area contributed by atoms with Crippen LogP contribution >= 0.6 is 0 Å². The lowest BCUT2D eigenvalue weighted by atomic mass is 10.1. The number of benzene rings is 2. The lowest BCUT2D eigenvalue weighted by Gasteiger charge is -2.13. The fourth-order valence-corrected chi connectivity index (χ4v) is 3.42. The summed E-state index contributed by atoms with van der Waals surface area (Å²) in [7, 11) is -0.573. The van der Waals surface area contributed by atoms with E-state index in [-0.39, 0.29) is 11.5 Å². The highest BCUT2D eigenvalue weighted by Gasteiger charge is 2.18. The zero-order valence-electron chi connectivity index (χ0n) is 15.9. The highest BCUT2D eigenvalue weighted by atomic mass is 32.2. The third-order valence-electron chi connectivity index (χ3n) is 4.04. The second kappa shape index (κ2) is 9.53. The maximum atomic E-state index is 12.5. The number of carbonyl (C=O) groups is 1. The maximum absolute atomic E-state index is 12.5. The minimum Gasteiger partial charge on any atom is -0.457 e. The first-order chi connectivity index (χ1) is 12.9. The first kappa shape index (κ1) is 20.9. The molecule has 6 nitrogen and oxygen atoms in total. The molecule has 0 amide bonds. The van der Waals surface area contributed by atoms with Crippen LogP contribution in [0, 0.1) is 0 Å². The highest BCUT2D eigenvalue weighted by molar-refractivity contribution is 7.89. The molecule has 1 N–H and O–H groups in total. The molecule has 0 aromatic heterocycles. The van der Waals surface area contributed by atoms with E-state index in [0.29, 0.717) is 11.1 Å². The van der Waals surface area contributed by atoms with E-state index in [2.05, 4.69) is 12.2 Å². The summed E-state index contributed by atoms with van der Waals surface area (Å²) in [6, 6.07) is 13.6. The Balaban J connectivity index is 2.09. The van der Waals surface area contributed by atoms with Crippen LogP contribution in [-0.4, -0.2) is 39.3 Å². The lowest BCUT2D eigenvalue weighted by molar-refractivity contribution is 0.0473. The molecule has 7 heteroatoms. The van der Waals surface area contributed by atoms with Crippen molar-refractivity contribution in [2.45, 2.75) is 31.3 Å². The van der Waals surface area contributed by atoms with Crippen molar-refractivity contribution in [3.63, 3.8) is 0 Å². The standard InChI is InChI=1S/C20H26N2O4S/c1-4-5-13-21-19-12-7-6-11-18(19)20(23)26-15-16-9-8-10-17(14-16)27(24,25)22(2)3/h6-12,14,21H,4-5,13,15H2,1-3H3. The number of ether oxygens (including phenoxy) is 1. The Morgan fingerprint density at radius 1 is 1.11 bits per heavy atom. The second-order valence-corrected chi connectivity index (χ2v) is 8.49. The molecule has 0 radical (unpaired) electrons. The molecule has 2 aromatic rings. The topological polar surface area (TPSA) is 75.7 Å². The summed E-state index contributed by atoms with van der Waals surface area (Å²) in [4.78, 5) is 12.6. The van der Waals surface area contributed by atoms with Gasteiger partial charge in [-0.3, -0.25) is 0 Å². The van der Waals surface area contributed by atoms with E-state index in [1.54, 1.807) is 24.3 Å². The van der Waals surface area contributed by atoms with Gasteiger partial charge in [0, 0.05) is 26.3 Å². The molecular formula is C20H26N2O4S. The molecule has 0 saturated carbocycles. The third-order valence-corrected chi connectivity index (χ3v) is 5.85. The van der Waals surface area contributed by atoms with Crippen LogP contribution in [0.1, 0.15) is 35.7 Å². The summed E-state index contributed by atoms with van der Waals surface area (Å²) in [5.41, 5.74) is 1.81. The number of hydrogen-bond acceptors (Lipinski definition) is 5. The van der Waals surface area contributed by atoms with E-state index < -0.39 is 16.0 Å². The highest BCUT2D eigenvalue weighted by Crippen LogP contribution is 2.19. The van der Waals surface area contributed by atoms with Crippen LogP contribution < -0.4 is 5.32 Å². The predicted octanol–water partition coefficient (Wildman–Crippen LogP) is 3.51. The van der Waals surface area contributed by atoms with Crippen molar-refractivity contribution in [1.82, 2.24) is 4.31 Å². The first-order valence-electron chi connectivity index (χ1n) is 8.87. The Bertz CT molecular complexity index is 879. The van der Waals surface area contributed by atoms with Gasteiger partial charge in [-0.1, -0.05) is 37.6 Å². The Morgan fingerprint density at radius 3 is 2.56 bits per heavy atom. The Hall–Kier alpha value is -2.38. The van der Waals surface area contributed by atoms with Gasteiger partial charge in [-0.2, -0.15) is 0 Å². The van der Waals surface area contributed by atoms with Gasteiger partial charge in [-0.15, -0.1) is 0 Å². The number of anilines is 1. The molecule has 146 valence electrons. The van der Waals surface area contributed by atoms with Crippen molar-refractivity contribution >= 4 is 21.7 Å². The van der Waals surface area contributed by atoms with Gasteiger partial charge in [0.2, 0.25) is 10.0 Å². The Kier molecular flexibility index (Phi) is 7.38. The smallest absolute Gasteiger partial charge is 0.340 e. The number of rotatable bonds is 9. The number of nitrogens with zero attached hydrogens (tertiary/aromatic N) is 1. The second-order valence-electron chi connectivity index (χ2n) is 6.34. The van der Waals surface area contributed by atoms with Crippen LogP contribution in [0.4, 0.5) is 5.69 Å². The van der Waals surface area contributed by atoms with Crippen molar-refractivity contribution in [3.05, 3.63) is 59.7 Å². The fraction of sp³-hybridized carbons (Fsp3) is 0.350. The van der Waals surface area contributed by atoms with E-state index in [1.165, 1.54) is 26.2 Å². The number of hydrogen-bond donors (Lipinski definition) is 1. The van der Waals surface area contributed by atoms with E-state index in [4.69, 9.17) is 4.74 Å². The first-order valence-corrected chi connectivity index (χ1v) is 10.3. The molecule has 27 heavy (non-hydrogen) atoms. The summed E-state index contributed by atoms with van der Waals surface area (Å²) in [6.07, 6.45) is 2.07. The predicted molar refractivity (Wildman–Crippen MR) is 106 cm³/mol. The van der Waals surface area contributed by atoms with Gasteiger partial charge in [-0.25, -0.2) is 17.5 Å². The summed E-state index contributed by atoms with van der Waals surface area (Å²) >= 11 is 0. The number of unbranched alkanes of at least 4 members (excludes halogenated alkanes) is 1. The quantitative estimate of drug-likeness (QED) is 0.524. The maximum Gasteiger partial charge on any atom is 0.340 e. The van der Waals surface area contributed by atoms with E-state index >= 15 is 0 Å². The molecule has 0 unspecified atom stereocenters. The van der Waals surface area contributed by atoms with Gasteiger partial charge in [0.05, 0.1) is 10.5 Å². The van der Waals surface area contributed by atoms with Crippen molar-refractivity contribution in [1.29, 1.82) is 0 Å². The number of esters is 1. The van der Waals surface area contributed by atoms with Gasteiger partial charge in [0.1, 0.15) is 6.61 Å². The normalized spacial score (nSPS) is 11.4. The van der Waals surface area contributed by atoms with Crippen molar-refractivity contribution in [3.8, 4) is 0 Å². The van der Waals surface area contributed by atoms with Crippen molar-refractivity contribution < 1.29 is 17.9 Å². The summed E-state index contributed by atoms with van der Waals surface area (Å²) in [5.74, 6) is -0.449. The van der Waals surface area contributed by atoms with Crippen molar-refractivity contribution in [2.24, 2.45) is 0 Å². The monoisotopic (exact) mass is 390 g/mol. The number of carbonyl (C=O) groups excluding carboxylic acids is 1. The van der Waals surface area contributed by atoms with E-state index in [0.717, 1.165) is 29.4 Å². The number of nitrogens with one attached hydrogen (secondary N) is 1. The average Bonchev–Trinajstić information content (AvgIpc) is 2.67. The Morgan fingerprint density at radius 2 is 1.85 bits per heavy atom. The summed E-state index contributed by atoms with van der Waals surface area (Å²) in [5, 5.41) is 3.25. The largest absolute Gasteiger partial charge is 0.457 e. The molecule has 0 saturated heterocycles. The van der Waals surface area contributed by atoms with Crippen LogP contribution in [0.15, 0.2) is 53.4 Å². The number of para-hydroxylation sites is 1. The summed E-state index contributed by atoms with van der Waals surface area (Å²) < 4.78 is 31.0. The molecule has 0 spiro atoms. The van der Waals surface area contributed by atoms with Crippen LogP contribution in [0.25, 0.3) is 0 Å². The Labute approximate surface area is 161 Å². The minimum absolute atomic E-state index is 0.00108. The molecule has 0 fully saturated rings. The van der Waals surface area contributed by atoms with Crippen molar-refractivity contribution in [2.75, 3.05) is 26.0 Å². The summed E-state index contributed by atoms with van der Waals surface area (Å²) in [6.45, 7) is 2.89. The van der Waals surface area contributed by atoms with E-state index in [9.17, 15) is 13.2 Å². The molecule has 0 atom stereocenters. The van der Waals surface area contributed by atoms with Gasteiger partial charge in [0.25, 0.3) is 0 Å². The van der Waals surface area contributed by atoms with Crippen LogP contribution in [0.3, 0.4) is 0 Å². The molecule has 0 aliphatic heterocycles.